The number of aliphatic hydroxyl groups is 2. The summed E-state index contributed by atoms with van der Waals surface area (Å²) in [5.74, 6) is -0.820. The summed E-state index contributed by atoms with van der Waals surface area (Å²) in [6, 6.07) is 0. The van der Waals surface area contributed by atoms with Crippen LogP contribution in [0.3, 0.4) is 0 Å². The van der Waals surface area contributed by atoms with Gasteiger partial charge >= 0.3 is 0 Å². The van der Waals surface area contributed by atoms with Crippen LogP contribution in [0.15, 0.2) is 22.8 Å². The fourth-order valence-electron chi connectivity index (χ4n) is 6.00. The first kappa shape index (κ1) is 14.0. The monoisotopic (exact) mass is 288 g/mol. The fourth-order valence-corrected chi connectivity index (χ4v) is 6.00. The third-order valence-corrected chi connectivity index (χ3v) is 7.47. The maximum Gasteiger partial charge on any atom is 0.172 e. The Morgan fingerprint density at radius 1 is 1.05 bits per heavy atom. The van der Waals surface area contributed by atoms with Gasteiger partial charge < -0.3 is 10.2 Å². The van der Waals surface area contributed by atoms with Crippen LogP contribution < -0.4 is 0 Å². The van der Waals surface area contributed by atoms with Gasteiger partial charge in [0, 0.05) is 11.8 Å². The van der Waals surface area contributed by atoms with Crippen LogP contribution in [0.1, 0.15) is 71.6 Å². The van der Waals surface area contributed by atoms with E-state index in [0.717, 1.165) is 25.7 Å². The number of allylic oxidation sites excluding steroid dienone is 3. The normalized spacial score (nSPS) is 44.8. The maximum atomic E-state index is 10.4. The molecule has 2 fully saturated rings. The molecular formula is C19H28O2. The minimum Gasteiger partial charge on any atom is -0.365 e. The van der Waals surface area contributed by atoms with Crippen molar-refractivity contribution >= 4 is 0 Å². The highest BCUT2D eigenvalue weighted by Gasteiger charge is 2.58. The van der Waals surface area contributed by atoms with Crippen molar-refractivity contribution in [1.29, 1.82) is 0 Å². The second kappa shape index (κ2) is 4.23. The van der Waals surface area contributed by atoms with Crippen LogP contribution in [0.4, 0.5) is 0 Å². The Kier molecular flexibility index (Phi) is 2.83. The molecule has 2 heteroatoms. The van der Waals surface area contributed by atoms with Gasteiger partial charge in [0.15, 0.2) is 5.79 Å². The van der Waals surface area contributed by atoms with Gasteiger partial charge in [-0.05, 0) is 62.7 Å². The van der Waals surface area contributed by atoms with Gasteiger partial charge in [-0.25, -0.2) is 0 Å². The smallest absolute Gasteiger partial charge is 0.172 e. The zero-order valence-corrected chi connectivity index (χ0v) is 13.4. The van der Waals surface area contributed by atoms with Gasteiger partial charge in [0.1, 0.15) is 0 Å². The van der Waals surface area contributed by atoms with Crippen LogP contribution in [0.25, 0.3) is 0 Å². The van der Waals surface area contributed by atoms with Gasteiger partial charge in [0.25, 0.3) is 0 Å². The highest BCUT2D eigenvalue weighted by atomic mass is 16.5. The van der Waals surface area contributed by atoms with Crippen LogP contribution in [-0.4, -0.2) is 16.0 Å². The Labute approximate surface area is 127 Å². The lowest BCUT2D eigenvalue weighted by molar-refractivity contribution is -0.218. The predicted octanol–water partition coefficient (Wildman–Crippen LogP) is 4.08. The first-order valence-electron chi connectivity index (χ1n) is 8.75. The second-order valence-electron chi connectivity index (χ2n) is 8.28. The van der Waals surface area contributed by atoms with E-state index < -0.39 is 5.79 Å². The number of hydrogen-bond acceptors (Lipinski definition) is 2. The third-order valence-electron chi connectivity index (χ3n) is 7.47. The molecule has 0 saturated heterocycles. The molecule has 0 heterocycles. The molecule has 0 bridgehead atoms. The molecule has 4 aliphatic carbocycles. The van der Waals surface area contributed by atoms with Crippen molar-refractivity contribution in [1.82, 2.24) is 0 Å². The number of rotatable bonds is 0. The quantitative estimate of drug-likeness (QED) is 0.521. The Morgan fingerprint density at radius 2 is 1.86 bits per heavy atom. The minimum atomic E-state index is -1.48. The Morgan fingerprint density at radius 3 is 2.67 bits per heavy atom. The van der Waals surface area contributed by atoms with Crippen LogP contribution in [0.5, 0.6) is 0 Å². The summed E-state index contributed by atoms with van der Waals surface area (Å²) in [6.45, 7) is 4.57. The summed E-state index contributed by atoms with van der Waals surface area (Å²) in [6.07, 6.45) is 12.3. The maximum absolute atomic E-state index is 10.4. The molecule has 0 amide bonds. The van der Waals surface area contributed by atoms with E-state index in [4.69, 9.17) is 0 Å². The molecule has 4 rings (SSSR count). The third kappa shape index (κ3) is 1.66. The van der Waals surface area contributed by atoms with Gasteiger partial charge in [-0.2, -0.15) is 0 Å². The van der Waals surface area contributed by atoms with Crippen LogP contribution in [0.2, 0.25) is 0 Å². The van der Waals surface area contributed by atoms with E-state index in [-0.39, 0.29) is 5.41 Å². The van der Waals surface area contributed by atoms with E-state index in [1.54, 1.807) is 11.1 Å². The number of fused-ring (bicyclic) bond motifs is 4. The van der Waals surface area contributed by atoms with Crippen molar-refractivity contribution in [2.75, 3.05) is 0 Å². The average Bonchev–Trinajstić information content (AvgIpc) is 2.69. The largest absolute Gasteiger partial charge is 0.365 e. The van der Waals surface area contributed by atoms with Gasteiger partial charge in [0.05, 0.1) is 0 Å². The van der Waals surface area contributed by atoms with Crippen molar-refractivity contribution in [2.45, 2.75) is 77.4 Å². The molecule has 2 nitrogen and oxygen atoms in total. The van der Waals surface area contributed by atoms with Crippen molar-refractivity contribution in [3.05, 3.63) is 22.8 Å². The molecule has 21 heavy (non-hydrogen) atoms. The van der Waals surface area contributed by atoms with Gasteiger partial charge in [-0.3, -0.25) is 0 Å². The zero-order chi connectivity index (χ0) is 14.9. The summed E-state index contributed by atoms with van der Waals surface area (Å²) in [7, 11) is 0. The summed E-state index contributed by atoms with van der Waals surface area (Å²) >= 11 is 0. The fraction of sp³-hybridized carbons (Fsp3) is 0.789. The van der Waals surface area contributed by atoms with Crippen molar-refractivity contribution in [3.63, 3.8) is 0 Å². The molecule has 0 unspecified atom stereocenters. The second-order valence-corrected chi connectivity index (χ2v) is 8.28. The molecule has 2 saturated carbocycles. The van der Waals surface area contributed by atoms with Gasteiger partial charge in [-0.15, -0.1) is 0 Å². The van der Waals surface area contributed by atoms with Crippen LogP contribution >= 0.6 is 0 Å². The molecule has 0 spiro atoms. The van der Waals surface area contributed by atoms with Crippen molar-refractivity contribution < 1.29 is 10.2 Å². The molecule has 4 aliphatic rings. The molecule has 3 atom stereocenters. The first-order valence-corrected chi connectivity index (χ1v) is 8.75. The Balaban J connectivity index is 1.81. The average molecular weight is 288 g/mol. The Bertz CT molecular complexity index is 542. The molecule has 0 aromatic heterocycles. The predicted molar refractivity (Wildman–Crippen MR) is 83.5 cm³/mol. The highest BCUT2D eigenvalue weighted by Crippen LogP contribution is 2.64. The van der Waals surface area contributed by atoms with E-state index in [1.807, 2.05) is 0 Å². The standard InChI is InChI=1S/C19H28O2/c1-17-10-4-3-5-13(17)6-7-14-15(17)8-11-18(2)16(14)9-12-19(18,20)21/h5,15,20-21H,3-4,6-12H2,1-2H3/t15-,17+,18+/m1/s1. The molecular weight excluding hydrogens is 260 g/mol. The van der Waals surface area contributed by atoms with E-state index in [2.05, 4.69) is 19.9 Å². The lowest BCUT2D eigenvalue weighted by atomic mass is 9.52. The zero-order valence-electron chi connectivity index (χ0n) is 13.4. The lowest BCUT2D eigenvalue weighted by Gasteiger charge is -2.53. The van der Waals surface area contributed by atoms with Gasteiger partial charge in [0.2, 0.25) is 0 Å². The highest BCUT2D eigenvalue weighted by molar-refractivity contribution is 5.40. The van der Waals surface area contributed by atoms with Gasteiger partial charge in [-0.1, -0.05) is 36.6 Å². The molecule has 116 valence electrons. The summed E-state index contributed by atoms with van der Waals surface area (Å²) in [5.41, 5.74) is 4.69. The molecule has 0 aromatic rings. The van der Waals surface area contributed by atoms with Crippen LogP contribution in [0, 0.1) is 16.7 Å². The van der Waals surface area contributed by atoms with E-state index in [0.29, 0.717) is 17.8 Å². The topological polar surface area (TPSA) is 40.5 Å². The van der Waals surface area contributed by atoms with E-state index >= 15 is 0 Å². The summed E-state index contributed by atoms with van der Waals surface area (Å²) in [5, 5.41) is 20.9. The molecule has 0 aromatic carbocycles. The van der Waals surface area contributed by atoms with E-state index in [9.17, 15) is 10.2 Å². The van der Waals surface area contributed by atoms with Crippen LogP contribution in [-0.2, 0) is 0 Å². The number of hydrogen-bond donors (Lipinski definition) is 2. The van der Waals surface area contributed by atoms with E-state index in [1.165, 1.54) is 31.3 Å². The summed E-state index contributed by atoms with van der Waals surface area (Å²) in [4.78, 5) is 0. The Hall–Kier alpha value is -0.600. The lowest BCUT2D eigenvalue weighted by Crippen LogP contribution is -2.47. The molecule has 2 N–H and O–H groups in total. The summed E-state index contributed by atoms with van der Waals surface area (Å²) < 4.78 is 0. The first-order chi connectivity index (χ1) is 9.88. The molecule has 0 radical (unpaired) electrons. The minimum absolute atomic E-state index is 0.357. The molecule has 0 aliphatic heterocycles. The van der Waals surface area contributed by atoms with Crippen molar-refractivity contribution in [2.24, 2.45) is 16.7 Å². The SMILES string of the molecule is C[C@]12CCCC=C1CCC1=C3CCC(O)(O)[C@@]3(C)CC[C@H]12. The van der Waals surface area contributed by atoms with Crippen molar-refractivity contribution in [3.8, 4) is 0 Å².